The molecule has 2 saturated carbocycles. The number of amides is 1. The second-order valence-electron chi connectivity index (χ2n) is 8.62. The summed E-state index contributed by atoms with van der Waals surface area (Å²) in [5, 5.41) is 3.07. The zero-order valence-corrected chi connectivity index (χ0v) is 17.2. The second-order valence-corrected chi connectivity index (χ2v) is 8.62. The maximum Gasteiger partial charge on any atom is 0.230 e. The summed E-state index contributed by atoms with van der Waals surface area (Å²) in [6.07, 6.45) is 6.33. The number of aldehydes is 1. The van der Waals surface area contributed by atoms with Crippen LogP contribution in [0.2, 0.25) is 0 Å². The minimum absolute atomic E-state index is 0.0448. The number of carbonyl (C=O) groups excluding carboxylic acids is 3. The molecule has 6 heteroatoms. The lowest BCUT2D eigenvalue weighted by atomic mass is 9.84. The molecule has 0 aromatic heterocycles. The van der Waals surface area contributed by atoms with Crippen LogP contribution in [0.4, 0.5) is 4.39 Å². The first-order valence-corrected chi connectivity index (χ1v) is 10.6. The molecule has 0 bridgehead atoms. The Hall–Kier alpha value is -2.24. The van der Waals surface area contributed by atoms with E-state index < -0.39 is 11.7 Å². The normalized spacial score (nSPS) is 27.0. The number of Topliss-reactive ketones (excluding diaryl/α,β-unsaturated/α-hetero) is 1. The van der Waals surface area contributed by atoms with E-state index in [9.17, 15) is 18.8 Å². The van der Waals surface area contributed by atoms with E-state index in [2.05, 4.69) is 12.2 Å². The molecule has 3 rings (SSSR count). The molecule has 1 aromatic carbocycles. The lowest BCUT2D eigenvalue weighted by Gasteiger charge is -2.32. The third-order valence-electron chi connectivity index (χ3n) is 6.35. The van der Waals surface area contributed by atoms with Crippen LogP contribution in [0.5, 0.6) is 5.75 Å². The lowest BCUT2D eigenvalue weighted by Crippen LogP contribution is -2.46. The van der Waals surface area contributed by atoms with Crippen LogP contribution in [-0.2, 0) is 9.59 Å². The Kier molecular flexibility index (Phi) is 7.04. The molecule has 0 radical (unpaired) electrons. The fraction of sp³-hybridized carbons (Fsp3) is 0.609. The molecular formula is C23H30FNO4. The number of hydrogen-bond donors (Lipinski definition) is 1. The Morgan fingerprint density at radius 2 is 2.00 bits per heavy atom. The molecule has 5 atom stereocenters. The fourth-order valence-corrected chi connectivity index (χ4v) is 4.24. The van der Waals surface area contributed by atoms with Crippen LogP contribution < -0.4 is 10.1 Å². The van der Waals surface area contributed by atoms with Gasteiger partial charge in [0.15, 0.2) is 5.78 Å². The SMILES string of the molecule is CC(=O)c1ccc(OC[C@H]2CCCCC2NC(=O)C(C=O)CC2C[C@@H]2C)cc1F. The largest absolute Gasteiger partial charge is 0.493 e. The van der Waals surface area contributed by atoms with Crippen molar-refractivity contribution in [3.63, 3.8) is 0 Å². The third-order valence-corrected chi connectivity index (χ3v) is 6.35. The summed E-state index contributed by atoms with van der Waals surface area (Å²) in [5.41, 5.74) is 0.0463. The van der Waals surface area contributed by atoms with E-state index in [0.717, 1.165) is 38.4 Å². The summed E-state index contributed by atoms with van der Waals surface area (Å²) in [5.74, 6) is -0.118. The Labute approximate surface area is 171 Å². The summed E-state index contributed by atoms with van der Waals surface area (Å²) >= 11 is 0. The number of nitrogens with one attached hydrogen (secondary N) is 1. The molecule has 1 N–H and O–H groups in total. The predicted molar refractivity (Wildman–Crippen MR) is 107 cm³/mol. The van der Waals surface area contributed by atoms with Gasteiger partial charge in [0, 0.05) is 18.0 Å². The van der Waals surface area contributed by atoms with Crippen LogP contribution in [0.1, 0.15) is 62.7 Å². The maximum atomic E-state index is 14.0. The van der Waals surface area contributed by atoms with Gasteiger partial charge in [0.05, 0.1) is 18.1 Å². The van der Waals surface area contributed by atoms with Crippen molar-refractivity contribution in [2.24, 2.45) is 23.7 Å². The van der Waals surface area contributed by atoms with Gasteiger partial charge >= 0.3 is 0 Å². The van der Waals surface area contributed by atoms with Crippen LogP contribution in [0.25, 0.3) is 0 Å². The van der Waals surface area contributed by atoms with Crippen molar-refractivity contribution in [2.45, 2.75) is 58.4 Å². The molecule has 0 spiro atoms. The van der Waals surface area contributed by atoms with Crippen molar-refractivity contribution < 1.29 is 23.5 Å². The minimum atomic E-state index is -0.591. The Balaban J connectivity index is 1.56. The molecule has 3 unspecified atom stereocenters. The summed E-state index contributed by atoms with van der Waals surface area (Å²) in [6.45, 7) is 3.82. The highest BCUT2D eigenvalue weighted by Crippen LogP contribution is 2.42. The van der Waals surface area contributed by atoms with Gasteiger partial charge in [-0.1, -0.05) is 19.8 Å². The van der Waals surface area contributed by atoms with E-state index in [1.165, 1.54) is 19.1 Å². The lowest BCUT2D eigenvalue weighted by molar-refractivity contribution is -0.130. The topological polar surface area (TPSA) is 72.5 Å². The average molecular weight is 403 g/mol. The van der Waals surface area contributed by atoms with Crippen molar-refractivity contribution >= 4 is 18.0 Å². The van der Waals surface area contributed by atoms with E-state index >= 15 is 0 Å². The highest BCUT2D eigenvalue weighted by molar-refractivity contribution is 5.94. The Morgan fingerprint density at radius 3 is 2.62 bits per heavy atom. The van der Waals surface area contributed by atoms with Crippen LogP contribution in [0.3, 0.4) is 0 Å². The summed E-state index contributed by atoms with van der Waals surface area (Å²) in [4.78, 5) is 35.4. The Bertz CT molecular complexity index is 765. The monoisotopic (exact) mass is 403 g/mol. The smallest absolute Gasteiger partial charge is 0.230 e. The van der Waals surface area contributed by atoms with Gasteiger partial charge < -0.3 is 14.8 Å². The summed E-state index contributed by atoms with van der Waals surface area (Å²) < 4.78 is 19.8. The molecule has 1 amide bonds. The van der Waals surface area contributed by atoms with Crippen molar-refractivity contribution in [3.05, 3.63) is 29.6 Å². The number of benzene rings is 1. The molecule has 2 fully saturated rings. The maximum absolute atomic E-state index is 14.0. The highest BCUT2D eigenvalue weighted by atomic mass is 19.1. The zero-order valence-electron chi connectivity index (χ0n) is 17.2. The number of halogens is 1. The average Bonchev–Trinajstić information content (AvgIpc) is 3.39. The van der Waals surface area contributed by atoms with Gasteiger partial charge in [0.2, 0.25) is 5.91 Å². The molecule has 0 saturated heterocycles. The quantitative estimate of drug-likeness (QED) is 0.385. The van der Waals surface area contributed by atoms with Crippen molar-refractivity contribution in [1.29, 1.82) is 0 Å². The Morgan fingerprint density at radius 1 is 1.28 bits per heavy atom. The van der Waals surface area contributed by atoms with Crippen molar-refractivity contribution in [3.8, 4) is 5.75 Å². The van der Waals surface area contributed by atoms with Crippen LogP contribution >= 0.6 is 0 Å². The van der Waals surface area contributed by atoms with Crippen LogP contribution in [0, 0.1) is 29.5 Å². The van der Waals surface area contributed by atoms with E-state index in [0.29, 0.717) is 30.6 Å². The predicted octanol–water partition coefficient (Wildman–Crippen LogP) is 3.94. The van der Waals surface area contributed by atoms with Gasteiger partial charge in [0.1, 0.15) is 17.9 Å². The first-order chi connectivity index (χ1) is 13.9. The fourth-order valence-electron chi connectivity index (χ4n) is 4.24. The summed E-state index contributed by atoms with van der Waals surface area (Å²) in [7, 11) is 0. The standard InChI is InChI=1S/C23H30FNO4/c1-14-9-17(14)10-18(12-26)23(28)25-22-6-4-3-5-16(22)13-29-19-7-8-20(15(2)27)21(24)11-19/h7-8,11-12,14,16-18,22H,3-6,9-10,13H2,1-2H3,(H,25,28)/t14-,16+,17?,18?,22?/m0/s1. The number of hydrogen-bond acceptors (Lipinski definition) is 4. The van der Waals surface area contributed by atoms with Crippen LogP contribution in [-0.4, -0.2) is 30.6 Å². The number of ketones is 1. The van der Waals surface area contributed by atoms with Crippen molar-refractivity contribution in [2.75, 3.05) is 6.61 Å². The van der Waals surface area contributed by atoms with Crippen molar-refractivity contribution in [1.82, 2.24) is 5.32 Å². The van der Waals surface area contributed by atoms with Gasteiger partial charge in [-0.15, -0.1) is 0 Å². The zero-order chi connectivity index (χ0) is 21.0. The molecule has 5 nitrogen and oxygen atoms in total. The number of ether oxygens (including phenoxy) is 1. The van der Waals surface area contributed by atoms with E-state index in [4.69, 9.17) is 4.74 Å². The number of rotatable bonds is 9. The van der Waals surface area contributed by atoms with Gasteiger partial charge in [-0.3, -0.25) is 9.59 Å². The van der Waals surface area contributed by atoms with Crippen LogP contribution in [0.15, 0.2) is 18.2 Å². The van der Waals surface area contributed by atoms with Gasteiger partial charge in [-0.05, 0) is 56.6 Å². The molecule has 2 aliphatic rings. The van der Waals surface area contributed by atoms with Gasteiger partial charge in [-0.2, -0.15) is 0 Å². The molecule has 0 aliphatic heterocycles. The molecule has 29 heavy (non-hydrogen) atoms. The number of carbonyl (C=O) groups is 3. The van der Waals surface area contributed by atoms with E-state index in [-0.39, 0.29) is 29.2 Å². The first kappa shape index (κ1) is 21.5. The first-order valence-electron chi connectivity index (χ1n) is 10.6. The van der Waals surface area contributed by atoms with E-state index in [1.54, 1.807) is 6.07 Å². The van der Waals surface area contributed by atoms with Gasteiger partial charge in [-0.25, -0.2) is 4.39 Å². The van der Waals surface area contributed by atoms with E-state index in [1.807, 2.05) is 0 Å². The summed E-state index contributed by atoms with van der Waals surface area (Å²) in [6, 6.07) is 4.21. The minimum Gasteiger partial charge on any atom is -0.493 e. The molecule has 1 aromatic rings. The third kappa shape index (κ3) is 5.64. The molecular weight excluding hydrogens is 373 g/mol. The van der Waals surface area contributed by atoms with Gasteiger partial charge in [0.25, 0.3) is 0 Å². The molecule has 0 heterocycles. The molecule has 158 valence electrons. The molecule has 2 aliphatic carbocycles. The second kappa shape index (κ2) is 9.51. The highest BCUT2D eigenvalue weighted by Gasteiger charge is 2.37.